The number of nitrogens with one attached hydrogen (secondary N) is 1. The second-order valence-electron chi connectivity index (χ2n) is 10.8. The summed E-state index contributed by atoms with van der Waals surface area (Å²) in [5.74, 6) is 0.164. The number of nitrogens with zero attached hydrogens (tertiary/aromatic N) is 3. The fourth-order valence-electron chi connectivity index (χ4n) is 4.25. The van der Waals surface area contributed by atoms with Crippen molar-refractivity contribution in [2.75, 3.05) is 0 Å². The van der Waals surface area contributed by atoms with Gasteiger partial charge in [0.1, 0.15) is 10.8 Å². The van der Waals surface area contributed by atoms with Crippen molar-refractivity contribution in [1.29, 1.82) is 5.41 Å². The summed E-state index contributed by atoms with van der Waals surface area (Å²) in [4.78, 5) is 18.0. The number of ketones is 1. The monoisotopic (exact) mass is 556 g/mol. The number of fused-ring (bicyclic) bond motifs is 1. The Balaban J connectivity index is 0.00000342. The zero-order valence-electron chi connectivity index (χ0n) is 21.0. The van der Waals surface area contributed by atoms with Crippen LogP contribution in [-0.2, 0) is 23.9 Å². The summed E-state index contributed by atoms with van der Waals surface area (Å²) in [6.45, 7) is 12.7. The SMILES string of the molecule is Br.CC(C)(C)c1cc(C(=O)Cn2c(=N)n(Cc3nccs3)c3ccccc32)cc(C(C)(C)C)c1O. The van der Waals surface area contributed by atoms with E-state index in [9.17, 15) is 9.90 Å². The summed E-state index contributed by atoms with van der Waals surface area (Å²) in [6.07, 6.45) is 1.76. The first-order chi connectivity index (χ1) is 15.9. The molecule has 0 bridgehead atoms. The van der Waals surface area contributed by atoms with E-state index in [0.29, 0.717) is 12.1 Å². The molecule has 2 heterocycles. The maximum Gasteiger partial charge on any atom is 0.203 e. The number of rotatable bonds is 5. The number of Topliss-reactive ketones (excluding diaryl/α,β-unsaturated/α-hetero) is 1. The van der Waals surface area contributed by atoms with E-state index in [1.54, 1.807) is 22.1 Å². The maximum absolute atomic E-state index is 13.6. The third-order valence-corrected chi connectivity index (χ3v) is 6.87. The number of phenolic OH excluding ortho intramolecular Hbond substituents is 1. The van der Waals surface area contributed by atoms with Crippen LogP contribution in [0.2, 0.25) is 0 Å². The van der Waals surface area contributed by atoms with Crippen LogP contribution in [0, 0.1) is 5.41 Å². The number of benzene rings is 2. The quantitative estimate of drug-likeness (QED) is 0.287. The van der Waals surface area contributed by atoms with Crippen LogP contribution in [-0.4, -0.2) is 25.0 Å². The van der Waals surface area contributed by atoms with Gasteiger partial charge in [-0.15, -0.1) is 28.3 Å². The molecule has 35 heavy (non-hydrogen) atoms. The lowest BCUT2D eigenvalue weighted by molar-refractivity contribution is 0.0971. The third-order valence-electron chi connectivity index (χ3n) is 6.10. The Labute approximate surface area is 220 Å². The van der Waals surface area contributed by atoms with Gasteiger partial charge in [0.15, 0.2) is 5.78 Å². The summed E-state index contributed by atoms with van der Waals surface area (Å²) in [5.41, 5.74) is 3.41. The van der Waals surface area contributed by atoms with E-state index in [2.05, 4.69) is 4.98 Å². The van der Waals surface area contributed by atoms with Gasteiger partial charge >= 0.3 is 0 Å². The van der Waals surface area contributed by atoms with Gasteiger partial charge < -0.3 is 14.2 Å². The molecule has 0 radical (unpaired) electrons. The van der Waals surface area contributed by atoms with Crippen molar-refractivity contribution in [1.82, 2.24) is 14.1 Å². The zero-order valence-corrected chi connectivity index (χ0v) is 23.6. The predicted molar refractivity (Wildman–Crippen MR) is 147 cm³/mol. The van der Waals surface area contributed by atoms with Crippen molar-refractivity contribution < 1.29 is 9.90 Å². The smallest absolute Gasteiger partial charge is 0.203 e. The van der Waals surface area contributed by atoms with Gasteiger partial charge in [-0.1, -0.05) is 53.7 Å². The van der Waals surface area contributed by atoms with Gasteiger partial charge in [0, 0.05) is 28.3 Å². The number of hydrogen-bond acceptors (Lipinski definition) is 5. The number of carbonyl (C=O) groups is 1. The molecule has 4 aromatic rings. The lowest BCUT2D eigenvalue weighted by Gasteiger charge is -2.28. The Morgan fingerprint density at radius 1 is 1.00 bits per heavy atom. The molecule has 2 aromatic carbocycles. The highest BCUT2D eigenvalue weighted by Crippen LogP contribution is 2.40. The number of carbonyl (C=O) groups excluding carboxylic acids is 1. The molecule has 0 spiro atoms. The highest BCUT2D eigenvalue weighted by Gasteiger charge is 2.28. The molecular weight excluding hydrogens is 524 g/mol. The van der Waals surface area contributed by atoms with Gasteiger partial charge in [0.05, 0.1) is 24.1 Å². The summed E-state index contributed by atoms with van der Waals surface area (Å²) < 4.78 is 3.64. The Morgan fingerprint density at radius 3 is 2.03 bits per heavy atom. The first kappa shape index (κ1) is 26.9. The van der Waals surface area contributed by atoms with Gasteiger partial charge in [0.2, 0.25) is 5.62 Å². The van der Waals surface area contributed by atoms with Crippen LogP contribution < -0.4 is 5.62 Å². The summed E-state index contributed by atoms with van der Waals surface area (Å²) in [5, 5.41) is 22.7. The molecular formula is C27H33BrN4O2S. The van der Waals surface area contributed by atoms with Gasteiger partial charge in [-0.25, -0.2) is 4.98 Å². The molecule has 2 aromatic heterocycles. The van der Waals surface area contributed by atoms with Crippen LogP contribution in [0.15, 0.2) is 48.0 Å². The lowest BCUT2D eigenvalue weighted by atomic mass is 9.78. The number of imidazole rings is 1. The fraction of sp³-hybridized carbons (Fsp3) is 0.370. The van der Waals surface area contributed by atoms with Crippen LogP contribution in [0.3, 0.4) is 0 Å². The van der Waals surface area contributed by atoms with E-state index in [1.165, 1.54) is 0 Å². The van der Waals surface area contributed by atoms with Gasteiger partial charge in [0.25, 0.3) is 0 Å². The zero-order chi connectivity index (χ0) is 24.8. The van der Waals surface area contributed by atoms with Crippen LogP contribution in [0.5, 0.6) is 5.75 Å². The largest absolute Gasteiger partial charge is 0.507 e. The Morgan fingerprint density at radius 2 is 1.54 bits per heavy atom. The van der Waals surface area contributed by atoms with Gasteiger partial charge in [-0.05, 0) is 35.1 Å². The number of halogens is 1. The molecule has 8 heteroatoms. The predicted octanol–water partition coefficient (Wildman–Crippen LogP) is 6.19. The van der Waals surface area contributed by atoms with Crippen LogP contribution in [0.4, 0.5) is 0 Å². The molecule has 4 rings (SSSR count). The van der Waals surface area contributed by atoms with Crippen molar-refractivity contribution in [2.24, 2.45) is 0 Å². The number of thiazole rings is 1. The van der Waals surface area contributed by atoms with Crippen molar-refractivity contribution in [3.8, 4) is 5.75 Å². The highest BCUT2D eigenvalue weighted by atomic mass is 79.9. The minimum atomic E-state index is -0.322. The van der Waals surface area contributed by atoms with Crippen LogP contribution in [0.1, 0.15) is 68.0 Å². The average molecular weight is 558 g/mol. The minimum Gasteiger partial charge on any atom is -0.507 e. The highest BCUT2D eigenvalue weighted by molar-refractivity contribution is 8.93. The Bertz CT molecular complexity index is 1390. The summed E-state index contributed by atoms with van der Waals surface area (Å²) in [6, 6.07) is 11.4. The van der Waals surface area contributed by atoms with Gasteiger partial charge in [-0.2, -0.15) is 0 Å². The maximum atomic E-state index is 13.6. The van der Waals surface area contributed by atoms with Crippen molar-refractivity contribution >= 4 is 45.1 Å². The normalized spacial score (nSPS) is 12.1. The molecule has 0 aliphatic rings. The van der Waals surface area contributed by atoms with E-state index < -0.39 is 0 Å². The number of hydrogen-bond donors (Lipinski definition) is 2. The molecule has 0 aliphatic carbocycles. The van der Waals surface area contributed by atoms with Crippen molar-refractivity contribution in [3.63, 3.8) is 0 Å². The molecule has 0 saturated carbocycles. The molecule has 6 nitrogen and oxygen atoms in total. The molecule has 0 unspecified atom stereocenters. The van der Waals surface area contributed by atoms with Crippen LogP contribution in [0.25, 0.3) is 11.0 Å². The molecule has 2 N–H and O–H groups in total. The van der Waals surface area contributed by atoms with E-state index in [0.717, 1.165) is 27.2 Å². The summed E-state index contributed by atoms with van der Waals surface area (Å²) >= 11 is 1.55. The first-order valence-electron chi connectivity index (χ1n) is 11.4. The number of phenols is 1. The third kappa shape index (κ3) is 5.28. The molecule has 0 amide bonds. The second kappa shape index (κ2) is 9.74. The van der Waals surface area contributed by atoms with E-state index in [1.807, 2.05) is 87.9 Å². The minimum absolute atomic E-state index is 0. The molecule has 0 saturated heterocycles. The van der Waals surface area contributed by atoms with Gasteiger partial charge in [-0.3, -0.25) is 10.2 Å². The van der Waals surface area contributed by atoms with Crippen LogP contribution >= 0.6 is 28.3 Å². The van der Waals surface area contributed by atoms with E-state index in [4.69, 9.17) is 5.41 Å². The molecule has 0 atom stereocenters. The van der Waals surface area contributed by atoms with Crippen molar-refractivity contribution in [3.05, 3.63) is 75.3 Å². The molecule has 0 fully saturated rings. The van der Waals surface area contributed by atoms with Crippen molar-refractivity contribution in [2.45, 2.75) is 65.5 Å². The number of aromatic nitrogens is 3. The number of aromatic hydroxyl groups is 1. The van der Waals surface area contributed by atoms with E-state index >= 15 is 0 Å². The Kier molecular flexibility index (Phi) is 7.48. The second-order valence-corrected chi connectivity index (χ2v) is 11.7. The summed E-state index contributed by atoms with van der Waals surface area (Å²) in [7, 11) is 0. The first-order valence-corrected chi connectivity index (χ1v) is 12.3. The fourth-order valence-corrected chi connectivity index (χ4v) is 4.86. The Hall–Kier alpha value is -2.71. The number of para-hydroxylation sites is 2. The lowest BCUT2D eigenvalue weighted by Crippen LogP contribution is -2.28. The average Bonchev–Trinajstić information content (AvgIpc) is 3.35. The van der Waals surface area contributed by atoms with E-state index in [-0.39, 0.29) is 51.5 Å². The topological polar surface area (TPSA) is 83.9 Å². The standard InChI is InChI=1S/C27H32N4O2S.BrH/c1-26(2,3)18-13-17(14-19(24(18)33)27(4,5)6)22(32)15-30-20-9-7-8-10-21(20)31(25(30)28)16-23-29-11-12-34-23;/h7-14,28,33H,15-16H2,1-6H3;1H. The molecule has 186 valence electrons. The molecule has 0 aliphatic heterocycles.